The molecule has 0 bridgehead atoms. The van der Waals surface area contributed by atoms with Crippen molar-refractivity contribution >= 4 is 16.8 Å². The molecule has 2 fully saturated rings. The number of hydrogen-bond donors (Lipinski definition) is 1. The topological polar surface area (TPSA) is 76.8 Å². The minimum absolute atomic E-state index is 0.0310. The number of aliphatic hydroxyl groups is 1. The van der Waals surface area contributed by atoms with Crippen LogP contribution in [-0.2, 0) is 22.8 Å². The van der Waals surface area contributed by atoms with Gasteiger partial charge in [-0.2, -0.15) is 18.3 Å². The number of amides is 1. The lowest BCUT2D eigenvalue weighted by atomic mass is 10.0. The van der Waals surface area contributed by atoms with Gasteiger partial charge >= 0.3 is 6.18 Å². The lowest BCUT2D eigenvalue weighted by molar-refractivity contribution is -0.141. The molecule has 1 saturated carbocycles. The summed E-state index contributed by atoms with van der Waals surface area (Å²) in [4.78, 5) is 14.8. The highest BCUT2D eigenvalue weighted by molar-refractivity contribution is 5.88. The molecule has 10 heteroatoms. The number of rotatable bonds is 5. The Morgan fingerprint density at radius 3 is 2.71 bits per heavy atom. The van der Waals surface area contributed by atoms with Crippen molar-refractivity contribution in [2.75, 3.05) is 26.3 Å². The molecule has 2 aromatic carbocycles. The lowest BCUT2D eigenvalue weighted by Gasteiger charge is -2.32. The normalized spacial score (nSPS) is 22.7. The van der Waals surface area contributed by atoms with Crippen LogP contribution in [-0.4, -0.2) is 58.1 Å². The van der Waals surface area contributed by atoms with Crippen molar-refractivity contribution in [3.63, 3.8) is 0 Å². The predicted octanol–water partition coefficient (Wildman–Crippen LogP) is 3.71. The van der Waals surface area contributed by atoms with E-state index in [1.807, 2.05) is 12.3 Å². The maximum atomic E-state index is 13.1. The number of carbonyl (C=O) groups is 1. The summed E-state index contributed by atoms with van der Waals surface area (Å²) in [6, 6.07) is 8.15. The van der Waals surface area contributed by atoms with E-state index in [4.69, 9.17) is 9.47 Å². The number of aliphatic hydroxyl groups excluding tert-OH is 1. The fourth-order valence-corrected chi connectivity index (χ4v) is 4.52. The predicted molar refractivity (Wildman–Crippen MR) is 116 cm³/mol. The van der Waals surface area contributed by atoms with Gasteiger partial charge in [0, 0.05) is 37.6 Å². The van der Waals surface area contributed by atoms with E-state index in [0.717, 1.165) is 28.6 Å². The zero-order valence-electron chi connectivity index (χ0n) is 18.5. The largest absolute Gasteiger partial charge is 0.457 e. The maximum Gasteiger partial charge on any atom is 0.416 e. The third-order valence-electron chi connectivity index (χ3n) is 6.30. The SMILES string of the molecule is Cn1cc2cc(Oc3ccc(C(F)(F)F)cc3)cc([C@@H]3C[C@H]3C(=O)N3CCO[C@@H](CO)C3)c2n1. The second-order valence-electron chi connectivity index (χ2n) is 8.79. The third kappa shape index (κ3) is 4.47. The molecule has 1 amide bonds. The highest BCUT2D eigenvalue weighted by Crippen LogP contribution is 2.51. The average molecular weight is 475 g/mol. The standard InChI is InChI=1S/C24H24F3N3O4/c1-29-11-14-8-17(34-16-4-2-15(3-5-16)24(25,26)27)9-20(22(14)28-29)19-10-21(19)23(32)30-6-7-33-18(12-30)13-31/h2-5,8-9,11,18-19,21,31H,6-7,10,12-13H2,1H3/t18-,19+,21-/m1/s1. The molecule has 34 heavy (non-hydrogen) atoms. The van der Waals surface area contributed by atoms with Crippen LogP contribution in [0.15, 0.2) is 42.6 Å². The molecular formula is C24H24F3N3O4. The van der Waals surface area contributed by atoms with Gasteiger partial charge in [0.05, 0.1) is 30.4 Å². The van der Waals surface area contributed by atoms with E-state index in [0.29, 0.717) is 31.9 Å². The van der Waals surface area contributed by atoms with Crippen LogP contribution in [0.2, 0.25) is 0 Å². The van der Waals surface area contributed by atoms with Crippen LogP contribution in [0.4, 0.5) is 13.2 Å². The van der Waals surface area contributed by atoms with Crippen LogP contribution in [0.5, 0.6) is 11.5 Å². The molecular weight excluding hydrogens is 451 g/mol. The zero-order chi connectivity index (χ0) is 24.0. The van der Waals surface area contributed by atoms with Gasteiger partial charge in [0.2, 0.25) is 5.91 Å². The summed E-state index contributed by atoms with van der Waals surface area (Å²) in [7, 11) is 1.80. The Morgan fingerprint density at radius 1 is 1.24 bits per heavy atom. The van der Waals surface area contributed by atoms with E-state index in [9.17, 15) is 23.1 Å². The minimum atomic E-state index is -4.41. The van der Waals surface area contributed by atoms with E-state index in [2.05, 4.69) is 5.10 Å². The summed E-state index contributed by atoms with van der Waals surface area (Å²) in [5.74, 6) is 0.569. The molecule has 3 atom stereocenters. The molecule has 1 aliphatic heterocycles. The number of benzene rings is 2. The van der Waals surface area contributed by atoms with Crippen molar-refractivity contribution < 1.29 is 32.5 Å². The third-order valence-corrected chi connectivity index (χ3v) is 6.30. The number of hydrogen-bond acceptors (Lipinski definition) is 5. The van der Waals surface area contributed by atoms with Gasteiger partial charge in [-0.05, 0) is 54.3 Å². The van der Waals surface area contributed by atoms with Crippen LogP contribution < -0.4 is 4.74 Å². The van der Waals surface area contributed by atoms with Crippen molar-refractivity contribution in [1.82, 2.24) is 14.7 Å². The molecule has 7 nitrogen and oxygen atoms in total. The molecule has 1 aliphatic carbocycles. The molecule has 5 rings (SSSR count). The second-order valence-corrected chi connectivity index (χ2v) is 8.79. The summed E-state index contributed by atoms with van der Waals surface area (Å²) in [5, 5.41) is 14.7. The Morgan fingerprint density at radius 2 is 2.00 bits per heavy atom. The van der Waals surface area contributed by atoms with Crippen molar-refractivity contribution in [2.24, 2.45) is 13.0 Å². The minimum Gasteiger partial charge on any atom is -0.457 e. The number of alkyl halides is 3. The number of nitrogens with zero attached hydrogens (tertiary/aromatic N) is 3. The van der Waals surface area contributed by atoms with Crippen LogP contribution in [0, 0.1) is 5.92 Å². The zero-order valence-corrected chi connectivity index (χ0v) is 18.5. The number of aromatic nitrogens is 2. The van der Waals surface area contributed by atoms with Gasteiger partial charge in [-0.15, -0.1) is 0 Å². The van der Waals surface area contributed by atoms with Crippen LogP contribution in [0.1, 0.15) is 23.5 Å². The Balaban J connectivity index is 1.38. The number of aryl methyl sites for hydroxylation is 1. The summed E-state index contributed by atoms with van der Waals surface area (Å²) < 4.78 is 51.6. The van der Waals surface area contributed by atoms with Crippen molar-refractivity contribution in [3.8, 4) is 11.5 Å². The number of halogens is 3. The molecule has 2 aliphatic rings. The summed E-state index contributed by atoms with van der Waals surface area (Å²) in [6.45, 7) is 1.13. The molecule has 1 N–H and O–H groups in total. The molecule has 0 spiro atoms. The Labute approximate surface area is 193 Å². The Hall–Kier alpha value is -3.11. The molecule has 1 aromatic heterocycles. The van der Waals surface area contributed by atoms with E-state index >= 15 is 0 Å². The molecule has 0 radical (unpaired) electrons. The quantitative estimate of drug-likeness (QED) is 0.609. The lowest BCUT2D eigenvalue weighted by Crippen LogP contribution is -2.47. The van der Waals surface area contributed by atoms with Gasteiger partial charge in [0.1, 0.15) is 11.5 Å². The Bertz CT molecular complexity index is 1210. The first-order valence-electron chi connectivity index (χ1n) is 11.1. The van der Waals surface area contributed by atoms with Crippen LogP contribution in [0.3, 0.4) is 0 Å². The smallest absolute Gasteiger partial charge is 0.416 e. The van der Waals surface area contributed by atoms with E-state index in [1.165, 1.54) is 12.1 Å². The first-order chi connectivity index (χ1) is 16.2. The van der Waals surface area contributed by atoms with E-state index in [-0.39, 0.29) is 36.2 Å². The molecule has 3 aromatic rings. The van der Waals surface area contributed by atoms with Gasteiger partial charge in [0.15, 0.2) is 0 Å². The molecule has 180 valence electrons. The Kier molecular flexibility index (Phi) is 5.73. The average Bonchev–Trinajstić information content (AvgIpc) is 3.51. The first-order valence-corrected chi connectivity index (χ1v) is 11.1. The van der Waals surface area contributed by atoms with Gasteiger partial charge < -0.3 is 19.5 Å². The van der Waals surface area contributed by atoms with E-state index < -0.39 is 11.7 Å². The van der Waals surface area contributed by atoms with Gasteiger partial charge in [-0.3, -0.25) is 9.48 Å². The molecule has 2 heterocycles. The monoisotopic (exact) mass is 475 g/mol. The highest BCUT2D eigenvalue weighted by atomic mass is 19.4. The molecule has 0 unspecified atom stereocenters. The van der Waals surface area contributed by atoms with Crippen LogP contribution >= 0.6 is 0 Å². The highest BCUT2D eigenvalue weighted by Gasteiger charge is 2.47. The van der Waals surface area contributed by atoms with Crippen LogP contribution in [0.25, 0.3) is 10.9 Å². The molecule has 1 saturated heterocycles. The maximum absolute atomic E-state index is 13.1. The van der Waals surface area contributed by atoms with Gasteiger partial charge in [-0.25, -0.2) is 0 Å². The van der Waals surface area contributed by atoms with E-state index in [1.54, 1.807) is 22.7 Å². The number of morpholine rings is 1. The summed E-state index contributed by atoms with van der Waals surface area (Å²) in [5.41, 5.74) is 0.914. The van der Waals surface area contributed by atoms with Gasteiger partial charge in [-0.1, -0.05) is 0 Å². The summed E-state index contributed by atoms with van der Waals surface area (Å²) >= 11 is 0. The van der Waals surface area contributed by atoms with Crippen molar-refractivity contribution in [1.29, 1.82) is 0 Å². The second kappa shape index (κ2) is 8.59. The number of fused-ring (bicyclic) bond motifs is 1. The number of carbonyl (C=O) groups excluding carboxylic acids is 1. The van der Waals surface area contributed by atoms with Gasteiger partial charge in [0.25, 0.3) is 0 Å². The number of ether oxygens (including phenoxy) is 2. The first kappa shape index (κ1) is 22.7. The van der Waals surface area contributed by atoms with Crippen molar-refractivity contribution in [3.05, 3.63) is 53.7 Å². The van der Waals surface area contributed by atoms with Crippen molar-refractivity contribution in [2.45, 2.75) is 24.6 Å². The fraction of sp³-hybridized carbons (Fsp3) is 0.417. The fourth-order valence-electron chi connectivity index (χ4n) is 4.52. The summed E-state index contributed by atoms with van der Waals surface area (Å²) in [6.07, 6.45) is -2.26.